The molecule has 0 saturated carbocycles. The first-order valence-electron chi connectivity index (χ1n) is 5.72. The molecule has 0 heterocycles. The maximum absolute atomic E-state index is 12.9. The summed E-state index contributed by atoms with van der Waals surface area (Å²) in [7, 11) is 0. The average Bonchev–Trinajstić information content (AvgIpc) is 2.38. The molecule has 0 bridgehead atoms. The van der Waals surface area contributed by atoms with Crippen LogP contribution in [-0.2, 0) is 0 Å². The van der Waals surface area contributed by atoms with Crippen LogP contribution in [0.1, 0.15) is 0 Å². The third-order valence-corrected chi connectivity index (χ3v) is 3.02. The molecule has 0 aromatic heterocycles. The van der Waals surface area contributed by atoms with Gasteiger partial charge in [0.05, 0.1) is 0 Å². The van der Waals surface area contributed by atoms with Gasteiger partial charge in [0.25, 0.3) is 0 Å². The largest absolute Gasteiger partial charge is 0.508 e. The molecule has 0 unspecified atom stereocenters. The molecule has 3 aromatic rings. The van der Waals surface area contributed by atoms with Gasteiger partial charge >= 0.3 is 0 Å². The molecule has 0 aliphatic rings. The number of hydrogen-bond acceptors (Lipinski definition) is 1. The third kappa shape index (κ3) is 1.82. The van der Waals surface area contributed by atoms with Crippen LogP contribution in [0.2, 0.25) is 0 Å². The van der Waals surface area contributed by atoms with Crippen LogP contribution < -0.4 is 0 Å². The van der Waals surface area contributed by atoms with E-state index in [0.29, 0.717) is 0 Å². The van der Waals surface area contributed by atoms with Crippen molar-refractivity contribution in [2.75, 3.05) is 0 Å². The molecule has 0 atom stereocenters. The SMILES string of the molecule is Oc1ccc2c(-c3ccc(F)cc3)cccc2c1. The van der Waals surface area contributed by atoms with Crippen LogP contribution in [0.4, 0.5) is 4.39 Å². The lowest BCUT2D eigenvalue weighted by Gasteiger charge is -2.07. The standard InChI is InChI=1S/C16H11FO/c17-13-6-4-11(5-7-13)15-3-1-2-12-10-14(18)8-9-16(12)15/h1-10,18H. The first-order valence-corrected chi connectivity index (χ1v) is 5.72. The van der Waals surface area contributed by atoms with Crippen LogP contribution in [0.5, 0.6) is 5.75 Å². The molecule has 0 aliphatic heterocycles. The molecule has 18 heavy (non-hydrogen) atoms. The van der Waals surface area contributed by atoms with Gasteiger partial charge in [0.1, 0.15) is 11.6 Å². The van der Waals surface area contributed by atoms with Gasteiger partial charge in [0, 0.05) is 0 Å². The van der Waals surface area contributed by atoms with Gasteiger partial charge in [0.15, 0.2) is 0 Å². The second-order valence-corrected chi connectivity index (χ2v) is 4.22. The summed E-state index contributed by atoms with van der Waals surface area (Å²) in [6.07, 6.45) is 0. The zero-order valence-corrected chi connectivity index (χ0v) is 9.60. The minimum atomic E-state index is -0.239. The van der Waals surface area contributed by atoms with Crippen LogP contribution in [0, 0.1) is 5.82 Å². The molecule has 3 rings (SSSR count). The molecule has 3 aromatic carbocycles. The highest BCUT2D eigenvalue weighted by molar-refractivity contribution is 5.97. The van der Waals surface area contributed by atoms with Crippen molar-refractivity contribution >= 4 is 10.8 Å². The van der Waals surface area contributed by atoms with Crippen molar-refractivity contribution in [1.29, 1.82) is 0 Å². The number of rotatable bonds is 1. The minimum Gasteiger partial charge on any atom is -0.508 e. The van der Waals surface area contributed by atoms with Crippen molar-refractivity contribution in [3.05, 3.63) is 66.5 Å². The van der Waals surface area contributed by atoms with E-state index in [9.17, 15) is 9.50 Å². The Labute approximate surface area is 104 Å². The lowest BCUT2D eigenvalue weighted by atomic mass is 9.98. The van der Waals surface area contributed by atoms with Gasteiger partial charge < -0.3 is 5.11 Å². The second-order valence-electron chi connectivity index (χ2n) is 4.22. The normalized spacial score (nSPS) is 10.7. The zero-order chi connectivity index (χ0) is 12.5. The van der Waals surface area contributed by atoms with Gasteiger partial charge in [-0.3, -0.25) is 0 Å². The van der Waals surface area contributed by atoms with Crippen LogP contribution in [-0.4, -0.2) is 5.11 Å². The van der Waals surface area contributed by atoms with Crippen LogP contribution >= 0.6 is 0 Å². The Morgan fingerprint density at radius 3 is 2.39 bits per heavy atom. The molecular weight excluding hydrogens is 227 g/mol. The van der Waals surface area contributed by atoms with Crippen molar-refractivity contribution in [3.63, 3.8) is 0 Å². The summed E-state index contributed by atoms with van der Waals surface area (Å²) in [6.45, 7) is 0. The fourth-order valence-electron chi connectivity index (χ4n) is 2.15. The third-order valence-electron chi connectivity index (χ3n) is 3.02. The molecular formula is C16H11FO. The van der Waals surface area contributed by atoms with Gasteiger partial charge in [0.2, 0.25) is 0 Å². The predicted molar refractivity (Wildman–Crippen MR) is 71.0 cm³/mol. The topological polar surface area (TPSA) is 20.2 Å². The number of phenols is 1. The summed E-state index contributed by atoms with van der Waals surface area (Å²) >= 11 is 0. The maximum atomic E-state index is 12.9. The lowest BCUT2D eigenvalue weighted by molar-refractivity contribution is 0.476. The molecule has 0 fully saturated rings. The molecule has 0 aliphatic carbocycles. The minimum absolute atomic E-state index is 0.239. The highest BCUT2D eigenvalue weighted by atomic mass is 19.1. The van der Waals surface area contributed by atoms with Gasteiger partial charge in [-0.1, -0.05) is 36.4 Å². The molecule has 0 saturated heterocycles. The summed E-state index contributed by atoms with van der Waals surface area (Å²) in [5, 5.41) is 11.5. The zero-order valence-electron chi connectivity index (χ0n) is 9.60. The Hall–Kier alpha value is -2.35. The van der Waals surface area contributed by atoms with E-state index in [-0.39, 0.29) is 11.6 Å². The van der Waals surface area contributed by atoms with Crippen LogP contribution in [0.25, 0.3) is 21.9 Å². The van der Waals surface area contributed by atoms with E-state index in [2.05, 4.69) is 0 Å². The van der Waals surface area contributed by atoms with Crippen molar-refractivity contribution in [2.45, 2.75) is 0 Å². The predicted octanol–water partition coefficient (Wildman–Crippen LogP) is 4.35. The van der Waals surface area contributed by atoms with Crippen molar-refractivity contribution in [3.8, 4) is 16.9 Å². The van der Waals surface area contributed by atoms with Crippen LogP contribution in [0.3, 0.4) is 0 Å². The lowest BCUT2D eigenvalue weighted by Crippen LogP contribution is -1.82. The van der Waals surface area contributed by atoms with Gasteiger partial charge in [-0.25, -0.2) is 4.39 Å². The molecule has 0 amide bonds. The fourth-order valence-corrected chi connectivity index (χ4v) is 2.15. The van der Waals surface area contributed by atoms with E-state index in [1.54, 1.807) is 24.3 Å². The van der Waals surface area contributed by atoms with Crippen LogP contribution in [0.15, 0.2) is 60.7 Å². The molecule has 2 heteroatoms. The van der Waals surface area contributed by atoms with E-state index >= 15 is 0 Å². The Morgan fingerprint density at radius 1 is 0.833 bits per heavy atom. The first kappa shape index (κ1) is 10.8. The second kappa shape index (κ2) is 4.15. The summed E-state index contributed by atoms with van der Waals surface area (Å²) < 4.78 is 12.9. The van der Waals surface area contributed by atoms with Gasteiger partial charge in [-0.05, 0) is 46.2 Å². The Balaban J connectivity index is 2.26. The molecule has 0 spiro atoms. The summed E-state index contributed by atoms with van der Waals surface area (Å²) in [5.41, 5.74) is 2.00. The Kier molecular flexibility index (Phi) is 2.49. The number of benzene rings is 3. The number of aromatic hydroxyl groups is 1. The van der Waals surface area contributed by atoms with E-state index in [1.165, 1.54) is 12.1 Å². The Morgan fingerprint density at radius 2 is 1.61 bits per heavy atom. The first-order chi connectivity index (χ1) is 8.74. The van der Waals surface area contributed by atoms with Crippen molar-refractivity contribution < 1.29 is 9.50 Å². The molecule has 0 radical (unpaired) electrons. The van der Waals surface area contributed by atoms with E-state index in [4.69, 9.17) is 0 Å². The van der Waals surface area contributed by atoms with E-state index in [1.807, 2.05) is 24.3 Å². The number of halogens is 1. The molecule has 1 N–H and O–H groups in total. The van der Waals surface area contributed by atoms with Gasteiger partial charge in [-0.2, -0.15) is 0 Å². The fraction of sp³-hybridized carbons (Fsp3) is 0. The maximum Gasteiger partial charge on any atom is 0.123 e. The smallest absolute Gasteiger partial charge is 0.123 e. The molecule has 88 valence electrons. The molecule has 1 nitrogen and oxygen atoms in total. The van der Waals surface area contributed by atoms with Crippen molar-refractivity contribution in [1.82, 2.24) is 0 Å². The summed E-state index contributed by atoms with van der Waals surface area (Å²) in [5.74, 6) is 0.00962. The monoisotopic (exact) mass is 238 g/mol. The average molecular weight is 238 g/mol. The number of phenolic OH excluding ortho intramolecular Hbond substituents is 1. The van der Waals surface area contributed by atoms with E-state index < -0.39 is 0 Å². The Bertz CT molecular complexity index is 702. The highest BCUT2D eigenvalue weighted by Crippen LogP contribution is 2.30. The van der Waals surface area contributed by atoms with Crippen molar-refractivity contribution in [2.24, 2.45) is 0 Å². The quantitative estimate of drug-likeness (QED) is 0.668. The van der Waals surface area contributed by atoms with E-state index in [0.717, 1.165) is 21.9 Å². The summed E-state index contributed by atoms with van der Waals surface area (Å²) in [6, 6.07) is 17.6. The highest BCUT2D eigenvalue weighted by Gasteiger charge is 2.04. The number of hydrogen-bond donors (Lipinski definition) is 1. The number of fused-ring (bicyclic) bond motifs is 1. The van der Waals surface area contributed by atoms with Gasteiger partial charge in [-0.15, -0.1) is 0 Å². The summed E-state index contributed by atoms with van der Waals surface area (Å²) in [4.78, 5) is 0.